The summed E-state index contributed by atoms with van der Waals surface area (Å²) in [6.07, 6.45) is -7.89. The van der Waals surface area contributed by atoms with E-state index in [2.05, 4.69) is 15.1 Å². The maximum atomic E-state index is 14.0. The zero-order valence-electron chi connectivity index (χ0n) is 25.0. The molecule has 1 aliphatic rings. The highest BCUT2D eigenvalue weighted by Gasteiger charge is 2.40. The lowest BCUT2D eigenvalue weighted by Gasteiger charge is -2.34. The highest BCUT2D eigenvalue weighted by atomic mass is 19.4. The van der Waals surface area contributed by atoms with Gasteiger partial charge in [0, 0.05) is 38.6 Å². The predicted molar refractivity (Wildman–Crippen MR) is 152 cm³/mol. The van der Waals surface area contributed by atoms with E-state index in [1.807, 2.05) is 0 Å². The van der Waals surface area contributed by atoms with Crippen LogP contribution in [0.3, 0.4) is 0 Å². The van der Waals surface area contributed by atoms with Crippen LogP contribution in [-0.2, 0) is 28.4 Å². The smallest absolute Gasteiger partial charge is 0.425 e. The number of aromatic nitrogens is 4. The zero-order chi connectivity index (χ0) is 33.5. The van der Waals surface area contributed by atoms with Crippen LogP contribution in [-0.4, -0.2) is 83.2 Å². The van der Waals surface area contributed by atoms with Gasteiger partial charge in [-0.1, -0.05) is 19.1 Å². The largest absolute Gasteiger partial charge is 0.497 e. The minimum absolute atomic E-state index is 0.00994. The van der Waals surface area contributed by atoms with E-state index < -0.39 is 40.9 Å². The third-order valence-corrected chi connectivity index (χ3v) is 7.18. The molecule has 11 nitrogen and oxygen atoms in total. The molecule has 17 heteroatoms. The monoisotopic (exact) mass is 658 g/mol. The van der Waals surface area contributed by atoms with Gasteiger partial charge in [-0.15, -0.1) is 0 Å². The minimum atomic E-state index is -5.01. The lowest BCUT2D eigenvalue weighted by Crippen LogP contribution is -2.49. The van der Waals surface area contributed by atoms with Crippen molar-refractivity contribution in [2.75, 3.05) is 51.4 Å². The van der Waals surface area contributed by atoms with Gasteiger partial charge >= 0.3 is 12.4 Å². The molecule has 1 amide bonds. The lowest BCUT2D eigenvalue weighted by atomic mass is 10.2. The van der Waals surface area contributed by atoms with E-state index in [0.29, 0.717) is 54.6 Å². The zero-order valence-corrected chi connectivity index (χ0v) is 25.0. The molecule has 250 valence electrons. The molecule has 0 radical (unpaired) electrons. The summed E-state index contributed by atoms with van der Waals surface area (Å²) in [5, 5.41) is 3.89. The minimum Gasteiger partial charge on any atom is -0.497 e. The van der Waals surface area contributed by atoms with E-state index in [1.165, 1.54) is 7.11 Å². The maximum absolute atomic E-state index is 14.0. The average Bonchev–Trinajstić information content (AvgIpc) is 3.03. The van der Waals surface area contributed by atoms with E-state index in [4.69, 9.17) is 14.2 Å². The van der Waals surface area contributed by atoms with E-state index in [0.717, 1.165) is 6.20 Å². The van der Waals surface area contributed by atoms with Crippen LogP contribution in [0.1, 0.15) is 36.5 Å². The second-order valence-corrected chi connectivity index (χ2v) is 10.3. The Balaban J connectivity index is 1.27. The van der Waals surface area contributed by atoms with Crippen molar-refractivity contribution in [3.05, 3.63) is 69.9 Å². The third kappa shape index (κ3) is 8.86. The van der Waals surface area contributed by atoms with Crippen molar-refractivity contribution in [2.24, 2.45) is 0 Å². The van der Waals surface area contributed by atoms with Gasteiger partial charge in [-0.2, -0.15) is 31.4 Å². The molecule has 0 spiro atoms. The number of anilines is 1. The van der Waals surface area contributed by atoms with Crippen LogP contribution in [0.2, 0.25) is 0 Å². The van der Waals surface area contributed by atoms with Crippen molar-refractivity contribution in [3.63, 3.8) is 0 Å². The van der Waals surface area contributed by atoms with Crippen LogP contribution in [0.4, 0.5) is 32.3 Å². The van der Waals surface area contributed by atoms with Crippen molar-refractivity contribution in [1.82, 2.24) is 24.6 Å². The molecule has 0 N–H and O–H groups in total. The number of alkyl halides is 6. The Hall–Kier alpha value is -4.41. The van der Waals surface area contributed by atoms with Gasteiger partial charge in [0.1, 0.15) is 11.9 Å². The van der Waals surface area contributed by atoms with Crippen molar-refractivity contribution in [1.29, 1.82) is 0 Å². The first-order valence-corrected chi connectivity index (χ1v) is 14.3. The van der Waals surface area contributed by atoms with Crippen molar-refractivity contribution in [2.45, 2.75) is 44.8 Å². The average molecular weight is 659 g/mol. The SMILES string of the molecule is CC[C@@H](COCCC(=O)N1CCN(c2ncc(C(F)(F)F)cn2)CC1)Oc1cnn(Cc2ccc(OC)cc2)c(=O)c1C(F)(F)F. The van der Waals surface area contributed by atoms with Crippen molar-refractivity contribution < 1.29 is 45.3 Å². The fourth-order valence-electron chi connectivity index (χ4n) is 4.57. The number of carbonyl (C=O) groups excluding carboxylic acids is 1. The molecule has 1 fully saturated rings. The van der Waals surface area contributed by atoms with Gasteiger partial charge in [0.2, 0.25) is 11.9 Å². The standard InChI is InChI=1S/C29H32F6N6O5/c1-3-21(46-23-16-38-41(26(43)25(23)29(33,34)35)17-19-4-6-22(44-2)7-5-19)18-45-13-8-24(42)39-9-11-40(12-10-39)27-36-14-20(15-37-27)28(30,31)32/h4-7,14-16,21H,3,8-13,17-18H2,1-2H3/t21-/m0/s1. The van der Waals surface area contributed by atoms with Crippen LogP contribution < -0.4 is 19.9 Å². The fourth-order valence-corrected chi connectivity index (χ4v) is 4.57. The summed E-state index contributed by atoms with van der Waals surface area (Å²) in [4.78, 5) is 36.3. The first-order chi connectivity index (χ1) is 21.8. The second kappa shape index (κ2) is 14.8. The number of amides is 1. The van der Waals surface area contributed by atoms with E-state index >= 15 is 0 Å². The van der Waals surface area contributed by atoms with Crippen LogP contribution in [0, 0.1) is 0 Å². The summed E-state index contributed by atoms with van der Waals surface area (Å²) in [6.45, 7) is 2.52. The predicted octanol–water partition coefficient (Wildman–Crippen LogP) is 4.04. The summed E-state index contributed by atoms with van der Waals surface area (Å²) in [6, 6.07) is 6.45. The highest BCUT2D eigenvalue weighted by molar-refractivity contribution is 5.76. The van der Waals surface area contributed by atoms with E-state index in [9.17, 15) is 35.9 Å². The van der Waals surface area contributed by atoms with E-state index in [-0.39, 0.29) is 44.5 Å². The number of nitrogens with zero attached hydrogens (tertiary/aromatic N) is 6. The molecule has 46 heavy (non-hydrogen) atoms. The van der Waals surface area contributed by atoms with Gasteiger partial charge in [-0.25, -0.2) is 14.6 Å². The van der Waals surface area contributed by atoms with Crippen LogP contribution in [0.25, 0.3) is 0 Å². The fraction of sp³-hybridized carbons (Fsp3) is 0.483. The Bertz CT molecular complexity index is 1510. The molecular weight excluding hydrogens is 626 g/mol. The van der Waals surface area contributed by atoms with Gasteiger partial charge in [0.15, 0.2) is 11.3 Å². The molecule has 0 unspecified atom stereocenters. The molecule has 3 heterocycles. The first-order valence-electron chi connectivity index (χ1n) is 14.3. The Morgan fingerprint density at radius 1 is 0.957 bits per heavy atom. The quantitative estimate of drug-likeness (QED) is 0.210. The molecule has 1 aliphatic heterocycles. The van der Waals surface area contributed by atoms with Crippen molar-refractivity contribution in [3.8, 4) is 11.5 Å². The van der Waals surface area contributed by atoms with Gasteiger partial charge in [-0.05, 0) is 24.1 Å². The summed E-state index contributed by atoms with van der Waals surface area (Å²) < 4.78 is 97.0. The Labute approximate surface area is 259 Å². The van der Waals surface area contributed by atoms with E-state index in [1.54, 1.807) is 41.0 Å². The van der Waals surface area contributed by atoms with Crippen molar-refractivity contribution >= 4 is 11.9 Å². The Morgan fingerprint density at radius 2 is 1.61 bits per heavy atom. The van der Waals surface area contributed by atoms with Gasteiger partial charge in [-0.3, -0.25) is 9.59 Å². The third-order valence-electron chi connectivity index (χ3n) is 7.18. The maximum Gasteiger partial charge on any atom is 0.425 e. The number of ether oxygens (including phenoxy) is 3. The molecule has 1 atom stereocenters. The molecule has 1 aromatic carbocycles. The number of benzene rings is 1. The molecule has 4 rings (SSSR count). The van der Waals surface area contributed by atoms with Crippen LogP contribution in [0.5, 0.6) is 11.5 Å². The number of halogens is 6. The lowest BCUT2D eigenvalue weighted by molar-refractivity contribution is -0.141. The molecule has 0 bridgehead atoms. The number of methoxy groups -OCH3 is 1. The molecule has 3 aromatic rings. The van der Waals surface area contributed by atoms with Gasteiger partial charge in [0.05, 0.1) is 45.0 Å². The molecular formula is C29H32F6N6O5. The number of hydrogen-bond donors (Lipinski definition) is 0. The Kier molecular flexibility index (Phi) is 11.1. The Morgan fingerprint density at radius 3 is 2.17 bits per heavy atom. The number of hydrogen-bond acceptors (Lipinski definition) is 9. The van der Waals surface area contributed by atoms with Gasteiger partial charge in [0.25, 0.3) is 5.56 Å². The highest BCUT2D eigenvalue weighted by Crippen LogP contribution is 2.34. The summed E-state index contributed by atoms with van der Waals surface area (Å²) >= 11 is 0. The number of carbonyl (C=O) groups is 1. The first kappa shape index (κ1) is 34.5. The molecule has 0 aliphatic carbocycles. The topological polar surface area (TPSA) is 112 Å². The summed E-state index contributed by atoms with van der Waals surface area (Å²) in [7, 11) is 1.47. The normalized spacial score (nSPS) is 14.7. The van der Waals surface area contributed by atoms with Gasteiger partial charge < -0.3 is 24.0 Å². The molecule has 2 aromatic heterocycles. The van der Waals surface area contributed by atoms with Crippen LogP contribution >= 0.6 is 0 Å². The summed E-state index contributed by atoms with van der Waals surface area (Å²) in [5.41, 5.74) is -3.25. The number of piperazine rings is 1. The molecule has 1 saturated heterocycles. The molecule has 0 saturated carbocycles. The van der Waals surface area contributed by atoms with Crippen LogP contribution in [0.15, 0.2) is 47.7 Å². The number of rotatable bonds is 12. The second-order valence-electron chi connectivity index (χ2n) is 10.3. The summed E-state index contributed by atoms with van der Waals surface area (Å²) in [5.74, 6) is -0.266.